The molecule has 1 fully saturated rings. The van der Waals surface area contributed by atoms with E-state index in [-0.39, 0.29) is 11.0 Å². The van der Waals surface area contributed by atoms with E-state index in [2.05, 4.69) is 9.82 Å². The number of carbonyl (C=O) groups is 1. The first-order valence-electron chi connectivity index (χ1n) is 9.61. The topological polar surface area (TPSA) is 93.9 Å². The number of Topliss-reactive ketones (excluding diaryl/α,β-unsaturated/α-hetero) is 1. The molecule has 0 spiro atoms. The largest absolute Gasteiger partial charge is 0.293 e. The number of carbonyl (C=O) groups excluding carboxylic acids is 1. The summed E-state index contributed by atoms with van der Waals surface area (Å²) in [4.78, 5) is 17.5. The van der Waals surface area contributed by atoms with E-state index in [1.165, 1.54) is 11.8 Å². The maximum absolute atomic E-state index is 12.8. The summed E-state index contributed by atoms with van der Waals surface area (Å²) in [5.74, 6) is 1.31. The fourth-order valence-electron chi connectivity index (χ4n) is 3.08. The van der Waals surface area contributed by atoms with Gasteiger partial charge >= 0.3 is 0 Å². The number of anilines is 1. The van der Waals surface area contributed by atoms with Crippen molar-refractivity contribution in [3.8, 4) is 5.69 Å². The summed E-state index contributed by atoms with van der Waals surface area (Å²) in [6.07, 6.45) is 3.30. The van der Waals surface area contributed by atoms with Crippen molar-refractivity contribution < 1.29 is 13.2 Å². The van der Waals surface area contributed by atoms with Crippen LogP contribution in [0, 0.1) is 0 Å². The van der Waals surface area contributed by atoms with Crippen molar-refractivity contribution >= 4 is 33.3 Å². The van der Waals surface area contributed by atoms with E-state index >= 15 is 0 Å². The highest BCUT2D eigenvalue weighted by molar-refractivity contribution is 8.00. The van der Waals surface area contributed by atoms with Gasteiger partial charge in [-0.05, 0) is 56.2 Å². The molecule has 1 aliphatic carbocycles. The van der Waals surface area contributed by atoms with E-state index in [4.69, 9.17) is 4.98 Å². The summed E-state index contributed by atoms with van der Waals surface area (Å²) in [6, 6.07) is 16.3. The van der Waals surface area contributed by atoms with Gasteiger partial charge in [-0.2, -0.15) is 0 Å². The number of hydrogen-bond donors (Lipinski definition) is 1. The normalized spacial score (nSPS) is 15.0. The molecule has 3 aromatic rings. The molecule has 0 saturated heterocycles. The van der Waals surface area contributed by atoms with Gasteiger partial charge in [0.1, 0.15) is 5.82 Å². The number of sulfonamides is 1. The molecule has 2 aromatic carbocycles. The lowest BCUT2D eigenvalue weighted by Gasteiger charge is -2.09. The third-order valence-electron chi connectivity index (χ3n) is 4.68. The second-order valence-corrected chi connectivity index (χ2v) is 10.4. The summed E-state index contributed by atoms with van der Waals surface area (Å²) >= 11 is 1.33. The average molecular weight is 443 g/mol. The molecule has 1 aliphatic rings. The first kappa shape index (κ1) is 20.6. The second-order valence-electron chi connectivity index (χ2n) is 7.35. The Kier molecular flexibility index (Phi) is 5.66. The van der Waals surface area contributed by atoms with Crippen molar-refractivity contribution in [3.05, 3.63) is 66.0 Å². The van der Waals surface area contributed by atoms with Crippen LogP contribution in [0.4, 0.5) is 5.69 Å². The van der Waals surface area contributed by atoms with Crippen molar-refractivity contribution in [2.24, 2.45) is 0 Å². The maximum atomic E-state index is 12.8. The number of rotatable bonds is 8. The molecule has 9 heteroatoms. The third-order valence-corrected chi connectivity index (χ3v) is 6.24. The highest BCUT2D eigenvalue weighted by atomic mass is 32.2. The van der Waals surface area contributed by atoms with Gasteiger partial charge in [-0.15, -0.1) is 5.10 Å². The fourth-order valence-corrected chi connectivity index (χ4v) is 4.48. The molecule has 7 nitrogen and oxygen atoms in total. The zero-order valence-electron chi connectivity index (χ0n) is 16.6. The Balaban J connectivity index is 1.50. The molecule has 1 N–H and O–H groups in total. The van der Waals surface area contributed by atoms with Gasteiger partial charge in [0.05, 0.1) is 17.2 Å². The first-order valence-corrected chi connectivity index (χ1v) is 12.4. The zero-order valence-corrected chi connectivity index (χ0v) is 18.3. The van der Waals surface area contributed by atoms with Crippen LogP contribution in [0.2, 0.25) is 0 Å². The average Bonchev–Trinajstić information content (AvgIpc) is 3.48. The van der Waals surface area contributed by atoms with Crippen molar-refractivity contribution in [2.45, 2.75) is 36.1 Å². The molecule has 0 bridgehead atoms. The van der Waals surface area contributed by atoms with Gasteiger partial charge in [-0.3, -0.25) is 9.52 Å². The van der Waals surface area contributed by atoms with E-state index < -0.39 is 10.0 Å². The van der Waals surface area contributed by atoms with Crippen molar-refractivity contribution in [1.29, 1.82) is 0 Å². The van der Waals surface area contributed by atoms with Crippen LogP contribution >= 0.6 is 11.8 Å². The lowest BCUT2D eigenvalue weighted by Crippen LogP contribution is -2.14. The Labute approximate surface area is 180 Å². The van der Waals surface area contributed by atoms with Crippen LogP contribution in [0.1, 0.15) is 41.9 Å². The van der Waals surface area contributed by atoms with Crippen LogP contribution < -0.4 is 4.72 Å². The number of nitrogens with zero attached hydrogens (tertiary/aromatic N) is 3. The molecule has 1 atom stereocenters. The zero-order chi connectivity index (χ0) is 21.3. The van der Waals surface area contributed by atoms with Gasteiger partial charge in [0.2, 0.25) is 15.2 Å². The minimum Gasteiger partial charge on any atom is -0.293 e. The van der Waals surface area contributed by atoms with E-state index in [0.717, 1.165) is 30.6 Å². The number of aromatic nitrogens is 3. The highest BCUT2D eigenvalue weighted by Gasteiger charge is 2.31. The van der Waals surface area contributed by atoms with Crippen LogP contribution in [-0.4, -0.2) is 40.5 Å². The van der Waals surface area contributed by atoms with Crippen LogP contribution in [0.5, 0.6) is 0 Å². The summed E-state index contributed by atoms with van der Waals surface area (Å²) in [5, 5.41) is 4.85. The summed E-state index contributed by atoms with van der Waals surface area (Å²) in [7, 11) is -3.35. The van der Waals surface area contributed by atoms with E-state index in [1.54, 1.807) is 24.3 Å². The maximum Gasteiger partial charge on any atom is 0.229 e. The smallest absolute Gasteiger partial charge is 0.229 e. The lowest BCUT2D eigenvalue weighted by molar-refractivity contribution is 0.0994. The number of benzene rings is 2. The van der Waals surface area contributed by atoms with Crippen LogP contribution in [-0.2, 0) is 10.0 Å². The monoisotopic (exact) mass is 442 g/mol. The molecule has 30 heavy (non-hydrogen) atoms. The third kappa shape index (κ3) is 4.91. The minimum atomic E-state index is -3.35. The van der Waals surface area contributed by atoms with Gasteiger partial charge in [0.25, 0.3) is 0 Å². The van der Waals surface area contributed by atoms with Gasteiger partial charge < -0.3 is 0 Å². The fraction of sp³-hybridized carbons (Fsp3) is 0.286. The van der Waals surface area contributed by atoms with E-state index in [9.17, 15) is 13.2 Å². The van der Waals surface area contributed by atoms with Crippen LogP contribution in [0.15, 0.2) is 59.8 Å². The van der Waals surface area contributed by atoms with Crippen LogP contribution in [0.3, 0.4) is 0 Å². The summed E-state index contributed by atoms with van der Waals surface area (Å²) < 4.78 is 26.9. The second kappa shape index (κ2) is 8.23. The van der Waals surface area contributed by atoms with Crippen molar-refractivity contribution in [2.75, 3.05) is 11.0 Å². The first-order chi connectivity index (χ1) is 14.3. The summed E-state index contributed by atoms with van der Waals surface area (Å²) in [6.45, 7) is 1.83. The molecule has 1 heterocycles. The molecule has 1 saturated carbocycles. The van der Waals surface area contributed by atoms with E-state index in [0.29, 0.717) is 22.3 Å². The molecule has 1 aromatic heterocycles. The standard InChI is InChI=1S/C21H22N4O3S2/c1-14(19(26)15-10-12-17(13-11-15)24-30(2,27)28)29-21-22-20(16-8-9-16)25(23-21)18-6-4-3-5-7-18/h3-7,10-14,16,24H,8-9H2,1-2H3/t14-/m1/s1. The molecular weight excluding hydrogens is 420 g/mol. The van der Waals surface area contributed by atoms with Crippen molar-refractivity contribution in [3.63, 3.8) is 0 Å². The quantitative estimate of drug-likeness (QED) is 0.420. The van der Waals surface area contributed by atoms with Gasteiger partial charge in [-0.25, -0.2) is 18.1 Å². The highest BCUT2D eigenvalue weighted by Crippen LogP contribution is 2.40. The van der Waals surface area contributed by atoms with Gasteiger partial charge in [0.15, 0.2) is 5.78 Å². The molecule has 0 radical (unpaired) electrons. The Morgan fingerprint density at radius 1 is 1.13 bits per heavy atom. The Morgan fingerprint density at radius 2 is 1.80 bits per heavy atom. The number of thioether (sulfide) groups is 1. The molecule has 156 valence electrons. The molecule has 0 amide bonds. The van der Waals surface area contributed by atoms with Gasteiger partial charge in [0, 0.05) is 17.2 Å². The Hall–Kier alpha value is -2.65. The molecule has 0 unspecified atom stereocenters. The minimum absolute atomic E-state index is 0.0602. The molecule has 4 rings (SSSR count). The number of para-hydroxylation sites is 1. The number of hydrogen-bond acceptors (Lipinski definition) is 6. The van der Waals surface area contributed by atoms with Crippen molar-refractivity contribution in [1.82, 2.24) is 14.8 Å². The van der Waals surface area contributed by atoms with Gasteiger partial charge in [-0.1, -0.05) is 30.0 Å². The summed E-state index contributed by atoms with van der Waals surface area (Å²) in [5.41, 5.74) is 1.90. The van der Waals surface area contributed by atoms with Crippen LogP contribution in [0.25, 0.3) is 5.69 Å². The Bertz CT molecular complexity index is 1150. The predicted molar refractivity (Wildman–Crippen MR) is 118 cm³/mol. The SMILES string of the molecule is C[C@@H](Sc1nc(C2CC2)n(-c2ccccc2)n1)C(=O)c1ccc(NS(C)(=O)=O)cc1. The lowest BCUT2D eigenvalue weighted by atomic mass is 10.1. The number of nitrogens with one attached hydrogen (secondary N) is 1. The Morgan fingerprint density at radius 3 is 2.40 bits per heavy atom. The number of ketones is 1. The molecular formula is C21H22N4O3S2. The molecule has 0 aliphatic heterocycles. The van der Waals surface area contributed by atoms with E-state index in [1.807, 2.05) is 41.9 Å². The predicted octanol–water partition coefficient (Wildman–Crippen LogP) is 3.88.